The van der Waals surface area contributed by atoms with Gasteiger partial charge in [-0.1, -0.05) is 48.5 Å². The van der Waals surface area contributed by atoms with Crippen molar-refractivity contribution >= 4 is 21.6 Å². The van der Waals surface area contributed by atoms with Gasteiger partial charge in [0.1, 0.15) is 0 Å². The molecule has 0 unspecified atom stereocenters. The molecule has 6 heteroatoms. The van der Waals surface area contributed by atoms with Crippen LogP contribution in [0.5, 0.6) is 0 Å². The van der Waals surface area contributed by atoms with E-state index in [1.807, 2.05) is 54.6 Å². The lowest BCUT2D eigenvalue weighted by atomic mass is 10.0. The predicted octanol–water partition coefficient (Wildman–Crippen LogP) is 3.78. The minimum atomic E-state index is -3.52. The van der Waals surface area contributed by atoms with Gasteiger partial charge >= 0.3 is 0 Å². The molecule has 0 heterocycles. The first-order chi connectivity index (χ1) is 13.4. The summed E-state index contributed by atoms with van der Waals surface area (Å²) in [6.45, 7) is 0. The molecule has 28 heavy (non-hydrogen) atoms. The lowest BCUT2D eigenvalue weighted by Gasteiger charge is -2.13. The van der Waals surface area contributed by atoms with Crippen LogP contribution in [0.3, 0.4) is 0 Å². The third-order valence-corrected chi connectivity index (χ3v) is 6.23. The van der Waals surface area contributed by atoms with Gasteiger partial charge in [0.2, 0.25) is 10.0 Å². The van der Waals surface area contributed by atoms with Crippen LogP contribution in [-0.2, 0) is 16.4 Å². The van der Waals surface area contributed by atoms with Gasteiger partial charge in [-0.3, -0.25) is 4.79 Å². The molecule has 0 atom stereocenters. The van der Waals surface area contributed by atoms with Crippen molar-refractivity contribution in [3.05, 3.63) is 95.6 Å². The lowest BCUT2D eigenvalue weighted by molar-refractivity contribution is 0.102. The van der Waals surface area contributed by atoms with Crippen molar-refractivity contribution in [2.45, 2.75) is 11.3 Å². The number of sulfonamides is 1. The predicted molar refractivity (Wildman–Crippen MR) is 111 cm³/mol. The van der Waals surface area contributed by atoms with E-state index in [1.54, 1.807) is 0 Å². The van der Waals surface area contributed by atoms with Crippen molar-refractivity contribution in [3.63, 3.8) is 0 Å². The Morgan fingerprint density at radius 1 is 0.857 bits per heavy atom. The number of anilines is 1. The van der Waals surface area contributed by atoms with Crippen LogP contribution in [0.1, 0.15) is 21.5 Å². The molecule has 3 rings (SSSR count). The number of carbonyl (C=O) groups is 1. The summed E-state index contributed by atoms with van der Waals surface area (Å²) >= 11 is 0. The molecule has 0 aliphatic carbocycles. The zero-order valence-electron chi connectivity index (χ0n) is 15.8. The molecule has 0 aliphatic heterocycles. The van der Waals surface area contributed by atoms with E-state index in [2.05, 4.69) is 5.32 Å². The highest BCUT2D eigenvalue weighted by Gasteiger charge is 2.17. The number of para-hydroxylation sites is 1. The van der Waals surface area contributed by atoms with E-state index in [-0.39, 0.29) is 10.8 Å². The first kappa shape index (κ1) is 19.8. The lowest BCUT2D eigenvalue weighted by Crippen LogP contribution is -2.22. The van der Waals surface area contributed by atoms with Crippen molar-refractivity contribution in [2.75, 3.05) is 19.4 Å². The largest absolute Gasteiger partial charge is 0.322 e. The van der Waals surface area contributed by atoms with Crippen molar-refractivity contribution in [2.24, 2.45) is 0 Å². The Balaban J connectivity index is 1.79. The zero-order valence-corrected chi connectivity index (χ0v) is 16.6. The van der Waals surface area contributed by atoms with Crippen LogP contribution in [0.15, 0.2) is 83.8 Å². The topological polar surface area (TPSA) is 66.5 Å². The summed E-state index contributed by atoms with van der Waals surface area (Å²) in [4.78, 5) is 12.8. The van der Waals surface area contributed by atoms with E-state index in [0.29, 0.717) is 12.0 Å². The maximum Gasteiger partial charge on any atom is 0.255 e. The minimum absolute atomic E-state index is 0.151. The molecule has 5 nitrogen and oxygen atoms in total. The molecule has 0 bridgehead atoms. The Labute approximate surface area is 165 Å². The van der Waals surface area contributed by atoms with Crippen molar-refractivity contribution in [3.8, 4) is 0 Å². The summed E-state index contributed by atoms with van der Waals surface area (Å²) < 4.78 is 25.4. The molecule has 3 aromatic rings. The number of nitrogens with zero attached hydrogens (tertiary/aromatic N) is 1. The second-order valence-corrected chi connectivity index (χ2v) is 8.74. The summed E-state index contributed by atoms with van der Waals surface area (Å²) in [5, 5.41) is 2.93. The van der Waals surface area contributed by atoms with Gasteiger partial charge in [0.25, 0.3) is 5.91 Å². The highest BCUT2D eigenvalue weighted by molar-refractivity contribution is 7.89. The van der Waals surface area contributed by atoms with Gasteiger partial charge in [-0.05, 0) is 47.9 Å². The fourth-order valence-corrected chi connectivity index (χ4v) is 3.70. The van der Waals surface area contributed by atoms with Crippen LogP contribution >= 0.6 is 0 Å². The van der Waals surface area contributed by atoms with Gasteiger partial charge in [0.15, 0.2) is 0 Å². The van der Waals surface area contributed by atoms with Crippen molar-refractivity contribution in [1.82, 2.24) is 4.31 Å². The highest BCUT2D eigenvalue weighted by Crippen LogP contribution is 2.21. The van der Waals surface area contributed by atoms with E-state index < -0.39 is 10.0 Å². The molecule has 0 saturated carbocycles. The van der Waals surface area contributed by atoms with Gasteiger partial charge in [-0.15, -0.1) is 0 Å². The van der Waals surface area contributed by atoms with Crippen LogP contribution in [0.25, 0.3) is 0 Å². The third kappa shape index (κ3) is 4.47. The Hall–Kier alpha value is -2.96. The average Bonchev–Trinajstić information content (AvgIpc) is 2.70. The molecule has 0 radical (unpaired) electrons. The smallest absolute Gasteiger partial charge is 0.255 e. The average molecular weight is 394 g/mol. The quantitative estimate of drug-likeness (QED) is 0.692. The third-order valence-electron chi connectivity index (χ3n) is 4.40. The van der Waals surface area contributed by atoms with Crippen molar-refractivity contribution < 1.29 is 13.2 Å². The fraction of sp³-hybridized carbons (Fsp3) is 0.136. The SMILES string of the molecule is CN(C)S(=O)(=O)c1ccc(C(=O)Nc2ccccc2Cc2ccccc2)cc1. The number of benzene rings is 3. The number of amides is 1. The molecular formula is C22H22N2O3S. The van der Waals surface area contributed by atoms with E-state index in [4.69, 9.17) is 0 Å². The minimum Gasteiger partial charge on any atom is -0.322 e. The fourth-order valence-electron chi connectivity index (χ4n) is 2.80. The summed E-state index contributed by atoms with van der Waals surface area (Å²) in [5.74, 6) is -0.283. The standard InChI is InChI=1S/C22H22N2O3S/c1-24(2)28(26,27)20-14-12-18(13-15-20)22(25)23-21-11-7-6-10-19(21)16-17-8-4-3-5-9-17/h3-15H,16H2,1-2H3,(H,23,25). The number of nitrogens with one attached hydrogen (secondary N) is 1. The monoisotopic (exact) mass is 394 g/mol. The van der Waals surface area contributed by atoms with E-state index in [0.717, 1.165) is 21.1 Å². The van der Waals surface area contributed by atoms with Crippen molar-refractivity contribution in [1.29, 1.82) is 0 Å². The second-order valence-electron chi connectivity index (χ2n) is 6.59. The number of rotatable bonds is 6. The van der Waals surface area contributed by atoms with Gasteiger partial charge in [0.05, 0.1) is 4.90 Å². The Kier molecular flexibility index (Phi) is 5.92. The summed E-state index contributed by atoms with van der Waals surface area (Å²) in [6.07, 6.45) is 0.706. The molecule has 0 aliphatic rings. The van der Waals surface area contributed by atoms with Gasteiger partial charge in [-0.2, -0.15) is 0 Å². The van der Waals surface area contributed by atoms with Crippen LogP contribution in [0, 0.1) is 0 Å². The molecule has 0 spiro atoms. The van der Waals surface area contributed by atoms with Crippen LogP contribution in [0.2, 0.25) is 0 Å². The summed E-state index contributed by atoms with van der Waals surface area (Å²) in [7, 11) is -0.574. The van der Waals surface area contributed by atoms with Gasteiger partial charge in [-0.25, -0.2) is 12.7 Å². The summed E-state index contributed by atoms with van der Waals surface area (Å²) in [6, 6.07) is 23.6. The first-order valence-electron chi connectivity index (χ1n) is 8.84. The number of hydrogen-bond acceptors (Lipinski definition) is 3. The molecule has 3 aromatic carbocycles. The molecule has 1 amide bonds. The second kappa shape index (κ2) is 8.37. The van der Waals surface area contributed by atoms with E-state index in [1.165, 1.54) is 38.4 Å². The molecule has 0 saturated heterocycles. The maximum atomic E-state index is 12.6. The van der Waals surface area contributed by atoms with Crippen LogP contribution in [0.4, 0.5) is 5.69 Å². The molecule has 0 fully saturated rings. The first-order valence-corrected chi connectivity index (χ1v) is 10.3. The zero-order chi connectivity index (χ0) is 20.1. The number of hydrogen-bond donors (Lipinski definition) is 1. The molecule has 1 N–H and O–H groups in total. The Bertz CT molecular complexity index is 1060. The molecule has 0 aromatic heterocycles. The van der Waals surface area contributed by atoms with Gasteiger partial charge in [0, 0.05) is 25.3 Å². The summed E-state index contributed by atoms with van der Waals surface area (Å²) in [5.41, 5.74) is 3.30. The normalized spacial score (nSPS) is 11.4. The highest BCUT2D eigenvalue weighted by atomic mass is 32.2. The van der Waals surface area contributed by atoms with Crippen LogP contribution in [-0.4, -0.2) is 32.7 Å². The number of carbonyl (C=O) groups excluding carboxylic acids is 1. The Morgan fingerprint density at radius 3 is 2.11 bits per heavy atom. The van der Waals surface area contributed by atoms with E-state index in [9.17, 15) is 13.2 Å². The maximum absolute atomic E-state index is 12.6. The van der Waals surface area contributed by atoms with E-state index >= 15 is 0 Å². The van der Waals surface area contributed by atoms with Gasteiger partial charge < -0.3 is 5.32 Å². The molecule has 144 valence electrons. The molecular weight excluding hydrogens is 372 g/mol. The Morgan fingerprint density at radius 2 is 1.46 bits per heavy atom. The van der Waals surface area contributed by atoms with Crippen LogP contribution < -0.4 is 5.32 Å².